The van der Waals surface area contributed by atoms with Crippen LogP contribution >= 0.6 is 0 Å². The molecule has 7 nitrogen and oxygen atoms in total. The lowest BCUT2D eigenvalue weighted by Gasteiger charge is -2.18. The van der Waals surface area contributed by atoms with Crippen LogP contribution in [-0.4, -0.2) is 50.5 Å². The third-order valence-electron chi connectivity index (χ3n) is 3.75. The van der Waals surface area contributed by atoms with E-state index >= 15 is 0 Å². The number of nitrogens with one attached hydrogen (secondary N) is 2. The number of hydrogen-bond donors (Lipinski definition) is 2. The minimum absolute atomic E-state index is 0.0384. The summed E-state index contributed by atoms with van der Waals surface area (Å²) in [5.74, 6) is 0. The highest BCUT2D eigenvalue weighted by Crippen LogP contribution is 2.23. The minimum Gasteiger partial charge on any atom is -0.380 e. The fraction of sp³-hybridized carbons (Fsp3) is 0.769. The van der Waals surface area contributed by atoms with Gasteiger partial charge in [0.2, 0.25) is 10.0 Å². The Labute approximate surface area is 126 Å². The van der Waals surface area contributed by atoms with E-state index in [4.69, 9.17) is 4.74 Å². The van der Waals surface area contributed by atoms with Crippen LogP contribution in [0.15, 0.2) is 17.3 Å². The zero-order valence-corrected chi connectivity index (χ0v) is 13.4. The van der Waals surface area contributed by atoms with Crippen LogP contribution in [0.5, 0.6) is 0 Å². The minimum atomic E-state index is -3.53. The molecule has 0 spiro atoms. The molecule has 1 aromatic heterocycles. The van der Waals surface area contributed by atoms with E-state index in [0.717, 1.165) is 32.4 Å². The number of nitrogens with zero attached hydrogens (tertiary/aromatic N) is 2. The molecule has 0 aromatic carbocycles. The van der Waals surface area contributed by atoms with Crippen molar-refractivity contribution in [2.75, 3.05) is 20.2 Å². The van der Waals surface area contributed by atoms with E-state index in [9.17, 15) is 8.42 Å². The first-order valence-corrected chi connectivity index (χ1v) is 8.83. The van der Waals surface area contributed by atoms with Crippen molar-refractivity contribution in [2.45, 2.75) is 49.8 Å². The van der Waals surface area contributed by atoms with Crippen molar-refractivity contribution in [1.29, 1.82) is 0 Å². The summed E-state index contributed by atoms with van der Waals surface area (Å²) < 4.78 is 34.4. The van der Waals surface area contributed by atoms with Crippen molar-refractivity contribution in [1.82, 2.24) is 19.8 Å². The lowest BCUT2D eigenvalue weighted by Crippen LogP contribution is -2.40. The molecule has 0 amide bonds. The second kappa shape index (κ2) is 7.35. The molecule has 2 N–H and O–H groups in total. The Bertz CT molecular complexity index is 543. The summed E-state index contributed by atoms with van der Waals surface area (Å²) in [5, 5.41) is 7.27. The molecule has 1 aliphatic rings. The zero-order valence-electron chi connectivity index (χ0n) is 12.6. The molecular weight excluding hydrogens is 292 g/mol. The summed E-state index contributed by atoms with van der Waals surface area (Å²) in [6.07, 6.45) is 5.61. The van der Waals surface area contributed by atoms with Gasteiger partial charge in [0.25, 0.3) is 0 Å². The van der Waals surface area contributed by atoms with Crippen LogP contribution < -0.4 is 10.0 Å². The maximum absolute atomic E-state index is 12.4. The van der Waals surface area contributed by atoms with Gasteiger partial charge in [-0.2, -0.15) is 5.10 Å². The Hall–Kier alpha value is -0.960. The Balaban J connectivity index is 1.99. The van der Waals surface area contributed by atoms with Crippen molar-refractivity contribution >= 4 is 10.0 Å². The van der Waals surface area contributed by atoms with E-state index in [1.165, 1.54) is 6.20 Å². The average Bonchev–Trinajstić information content (AvgIpc) is 3.08. The summed E-state index contributed by atoms with van der Waals surface area (Å²) in [6.45, 7) is 4.32. The number of methoxy groups -OCH3 is 1. The molecule has 0 saturated heterocycles. The third-order valence-corrected chi connectivity index (χ3v) is 5.19. The van der Waals surface area contributed by atoms with Gasteiger partial charge in [-0.1, -0.05) is 6.92 Å². The molecule has 1 aromatic rings. The smallest absolute Gasteiger partial charge is 0.244 e. The van der Waals surface area contributed by atoms with Gasteiger partial charge in [0.15, 0.2) is 0 Å². The molecule has 1 heterocycles. The Morgan fingerprint density at radius 1 is 1.48 bits per heavy atom. The van der Waals surface area contributed by atoms with Crippen LogP contribution in [-0.2, 0) is 21.3 Å². The van der Waals surface area contributed by atoms with Crippen molar-refractivity contribution in [3.8, 4) is 0 Å². The van der Waals surface area contributed by atoms with Gasteiger partial charge in [-0.15, -0.1) is 0 Å². The summed E-state index contributed by atoms with van der Waals surface area (Å²) in [4.78, 5) is 0.209. The van der Waals surface area contributed by atoms with Gasteiger partial charge in [-0.3, -0.25) is 4.68 Å². The topological polar surface area (TPSA) is 85.2 Å². The van der Waals surface area contributed by atoms with Crippen LogP contribution in [0.4, 0.5) is 0 Å². The normalized spacial score (nSPS) is 22.8. The summed E-state index contributed by atoms with van der Waals surface area (Å²) in [7, 11) is -1.91. The highest BCUT2D eigenvalue weighted by Gasteiger charge is 2.31. The first-order valence-electron chi connectivity index (χ1n) is 7.35. The fourth-order valence-corrected chi connectivity index (χ4v) is 3.84. The Kier molecular flexibility index (Phi) is 5.74. The number of hydrogen-bond acceptors (Lipinski definition) is 5. The SMILES string of the molecule is CCNCCn1cc(S(=O)(=O)NC2CCCC2OC)cn1. The van der Waals surface area contributed by atoms with Crippen molar-refractivity contribution in [3.05, 3.63) is 12.4 Å². The Morgan fingerprint density at radius 2 is 2.29 bits per heavy atom. The van der Waals surface area contributed by atoms with Crippen molar-refractivity contribution in [3.63, 3.8) is 0 Å². The van der Waals surface area contributed by atoms with Gasteiger partial charge >= 0.3 is 0 Å². The predicted octanol–water partition coefficient (Wildman–Crippen LogP) is 0.338. The molecule has 2 atom stereocenters. The highest BCUT2D eigenvalue weighted by atomic mass is 32.2. The predicted molar refractivity (Wildman–Crippen MR) is 79.5 cm³/mol. The number of ether oxygens (including phenoxy) is 1. The molecular formula is C13H24N4O3S. The van der Waals surface area contributed by atoms with Crippen LogP contribution in [0.3, 0.4) is 0 Å². The first kappa shape index (κ1) is 16.4. The van der Waals surface area contributed by atoms with Gasteiger partial charge in [-0.25, -0.2) is 13.1 Å². The Morgan fingerprint density at radius 3 is 3.00 bits per heavy atom. The van der Waals surface area contributed by atoms with E-state index < -0.39 is 10.0 Å². The van der Waals surface area contributed by atoms with Gasteiger partial charge in [-0.05, 0) is 25.8 Å². The van der Waals surface area contributed by atoms with Gasteiger partial charge < -0.3 is 10.1 Å². The van der Waals surface area contributed by atoms with Crippen LogP contribution in [0, 0.1) is 0 Å². The molecule has 2 rings (SSSR count). The third kappa shape index (κ3) is 4.26. The molecule has 120 valence electrons. The highest BCUT2D eigenvalue weighted by molar-refractivity contribution is 7.89. The van der Waals surface area contributed by atoms with E-state index in [-0.39, 0.29) is 17.0 Å². The number of aromatic nitrogens is 2. The quantitative estimate of drug-likeness (QED) is 0.676. The van der Waals surface area contributed by atoms with Crippen molar-refractivity contribution in [2.24, 2.45) is 0 Å². The largest absolute Gasteiger partial charge is 0.380 e. The lowest BCUT2D eigenvalue weighted by molar-refractivity contribution is 0.0916. The van der Waals surface area contributed by atoms with Crippen LogP contribution in [0.25, 0.3) is 0 Å². The zero-order chi connectivity index (χ0) is 15.3. The molecule has 8 heteroatoms. The number of sulfonamides is 1. The van der Waals surface area contributed by atoms with Crippen LogP contribution in [0.1, 0.15) is 26.2 Å². The number of likely N-dealkylation sites (N-methyl/N-ethyl adjacent to an activating group) is 1. The molecule has 1 fully saturated rings. The van der Waals surface area contributed by atoms with Gasteiger partial charge in [0, 0.05) is 25.9 Å². The maximum Gasteiger partial charge on any atom is 0.244 e. The van der Waals surface area contributed by atoms with E-state index in [2.05, 4.69) is 15.1 Å². The summed E-state index contributed by atoms with van der Waals surface area (Å²) in [5.41, 5.74) is 0. The molecule has 1 saturated carbocycles. The van der Waals surface area contributed by atoms with E-state index in [1.807, 2.05) is 6.92 Å². The molecule has 2 unspecified atom stereocenters. The summed E-state index contributed by atoms with van der Waals surface area (Å²) >= 11 is 0. The second-order valence-corrected chi connectivity index (χ2v) is 6.94. The van der Waals surface area contributed by atoms with Crippen molar-refractivity contribution < 1.29 is 13.2 Å². The first-order chi connectivity index (χ1) is 10.1. The average molecular weight is 316 g/mol. The molecule has 0 bridgehead atoms. The van der Waals surface area contributed by atoms with Gasteiger partial charge in [0.05, 0.1) is 18.8 Å². The van der Waals surface area contributed by atoms with Crippen LogP contribution in [0.2, 0.25) is 0 Å². The second-order valence-electron chi connectivity index (χ2n) is 5.23. The monoisotopic (exact) mass is 316 g/mol. The summed E-state index contributed by atoms with van der Waals surface area (Å²) in [6, 6.07) is -0.148. The molecule has 0 radical (unpaired) electrons. The molecule has 21 heavy (non-hydrogen) atoms. The maximum atomic E-state index is 12.4. The van der Waals surface area contributed by atoms with E-state index in [0.29, 0.717) is 6.54 Å². The number of rotatable bonds is 8. The molecule has 0 aliphatic heterocycles. The standard InChI is InChI=1S/C13H24N4O3S/c1-3-14-7-8-17-10-11(9-15-17)21(18,19)16-12-5-4-6-13(12)20-2/h9-10,12-14,16H,3-8H2,1-2H3. The lowest BCUT2D eigenvalue weighted by atomic mass is 10.2. The molecule has 1 aliphatic carbocycles. The fourth-order valence-electron chi connectivity index (χ4n) is 2.59. The van der Waals surface area contributed by atoms with E-state index in [1.54, 1.807) is 18.0 Å². The van der Waals surface area contributed by atoms with Gasteiger partial charge in [0.1, 0.15) is 4.90 Å².